The molecule has 3 aromatic rings. The van der Waals surface area contributed by atoms with Gasteiger partial charge < -0.3 is 14.6 Å². The van der Waals surface area contributed by atoms with Crippen molar-refractivity contribution in [3.8, 4) is 0 Å². The average molecular weight is 478 g/mol. The van der Waals surface area contributed by atoms with Crippen molar-refractivity contribution in [3.63, 3.8) is 0 Å². The summed E-state index contributed by atoms with van der Waals surface area (Å²) < 4.78 is 32.8. The van der Waals surface area contributed by atoms with E-state index in [-0.39, 0.29) is 4.90 Å². The SMILES string of the molecule is CCN(CC)S(=O)(=O)c1ccc(C)c(NC(=S)N(Cc2ccco2)Cc2cccs2)c1. The molecule has 166 valence electrons. The van der Waals surface area contributed by atoms with Crippen LogP contribution < -0.4 is 5.32 Å². The van der Waals surface area contributed by atoms with E-state index in [0.717, 1.165) is 11.3 Å². The molecule has 0 aliphatic carbocycles. The van der Waals surface area contributed by atoms with Crippen molar-refractivity contribution in [1.82, 2.24) is 9.21 Å². The van der Waals surface area contributed by atoms with Gasteiger partial charge in [-0.25, -0.2) is 8.42 Å². The second-order valence-corrected chi connectivity index (χ2v) is 10.4. The quantitative estimate of drug-likeness (QED) is 0.434. The van der Waals surface area contributed by atoms with Gasteiger partial charge in [0, 0.05) is 23.7 Å². The molecule has 1 N–H and O–H groups in total. The molecule has 0 amide bonds. The average Bonchev–Trinajstić information content (AvgIpc) is 3.44. The number of nitrogens with one attached hydrogen (secondary N) is 1. The number of benzene rings is 1. The zero-order valence-corrected chi connectivity index (χ0v) is 20.3. The first-order valence-electron chi connectivity index (χ1n) is 10.1. The fraction of sp³-hybridized carbons (Fsp3) is 0.318. The smallest absolute Gasteiger partial charge is 0.243 e. The van der Waals surface area contributed by atoms with Crippen molar-refractivity contribution >= 4 is 44.4 Å². The van der Waals surface area contributed by atoms with Crippen LogP contribution in [0.3, 0.4) is 0 Å². The summed E-state index contributed by atoms with van der Waals surface area (Å²) in [4.78, 5) is 3.43. The lowest BCUT2D eigenvalue weighted by molar-refractivity contribution is 0.362. The molecule has 0 spiro atoms. The van der Waals surface area contributed by atoms with Gasteiger partial charge in [0.25, 0.3) is 0 Å². The molecule has 2 aromatic heterocycles. The van der Waals surface area contributed by atoms with Crippen LogP contribution in [0.2, 0.25) is 0 Å². The summed E-state index contributed by atoms with van der Waals surface area (Å²) in [5.41, 5.74) is 1.59. The standard InChI is InChI=1S/C22H27N3O3S3/c1-4-25(5-2)31(26,27)20-11-10-17(3)21(14-20)23-22(29)24(15-18-8-6-12-28-18)16-19-9-7-13-30-19/h6-14H,4-5,15-16H2,1-3H3,(H,23,29). The lowest BCUT2D eigenvalue weighted by atomic mass is 10.2. The van der Waals surface area contributed by atoms with E-state index in [1.54, 1.807) is 35.8 Å². The molecule has 2 heterocycles. The molecule has 0 aliphatic rings. The number of nitrogens with zero attached hydrogens (tertiary/aromatic N) is 2. The lowest BCUT2D eigenvalue weighted by Crippen LogP contribution is -2.34. The van der Waals surface area contributed by atoms with Crippen LogP contribution in [0.4, 0.5) is 5.69 Å². The molecular formula is C22H27N3O3S3. The van der Waals surface area contributed by atoms with Crippen LogP contribution >= 0.6 is 23.6 Å². The van der Waals surface area contributed by atoms with Crippen LogP contribution in [0.25, 0.3) is 0 Å². The predicted molar refractivity (Wildman–Crippen MR) is 130 cm³/mol. The monoisotopic (exact) mass is 477 g/mol. The van der Waals surface area contributed by atoms with E-state index >= 15 is 0 Å². The molecule has 0 unspecified atom stereocenters. The summed E-state index contributed by atoms with van der Waals surface area (Å²) in [7, 11) is -3.56. The molecule has 0 aliphatic heterocycles. The van der Waals surface area contributed by atoms with Gasteiger partial charge in [-0.15, -0.1) is 11.3 Å². The van der Waals surface area contributed by atoms with Gasteiger partial charge in [-0.05, 0) is 60.4 Å². The number of hydrogen-bond donors (Lipinski definition) is 1. The van der Waals surface area contributed by atoms with E-state index in [0.29, 0.717) is 37.0 Å². The molecule has 1 aromatic carbocycles. The number of rotatable bonds is 9. The Morgan fingerprint density at radius 1 is 1.13 bits per heavy atom. The molecule has 31 heavy (non-hydrogen) atoms. The third-order valence-electron chi connectivity index (χ3n) is 4.93. The van der Waals surface area contributed by atoms with Gasteiger partial charge in [0.1, 0.15) is 5.76 Å². The van der Waals surface area contributed by atoms with Crippen molar-refractivity contribution < 1.29 is 12.8 Å². The Morgan fingerprint density at radius 2 is 1.90 bits per heavy atom. The van der Waals surface area contributed by atoms with Gasteiger partial charge in [0.15, 0.2) is 5.11 Å². The van der Waals surface area contributed by atoms with E-state index in [1.165, 1.54) is 9.18 Å². The number of thiophene rings is 1. The number of aryl methyl sites for hydroxylation is 1. The summed E-state index contributed by atoms with van der Waals surface area (Å²) >= 11 is 7.38. The van der Waals surface area contributed by atoms with Crippen LogP contribution in [0.15, 0.2) is 63.4 Å². The number of sulfonamides is 1. The van der Waals surface area contributed by atoms with E-state index in [4.69, 9.17) is 16.6 Å². The molecule has 0 atom stereocenters. The zero-order chi connectivity index (χ0) is 22.4. The van der Waals surface area contributed by atoms with Crippen molar-refractivity contribution in [3.05, 3.63) is 70.3 Å². The second-order valence-electron chi connectivity index (χ2n) is 7.01. The third-order valence-corrected chi connectivity index (χ3v) is 8.20. The fourth-order valence-corrected chi connectivity index (χ4v) is 5.63. The van der Waals surface area contributed by atoms with Crippen LogP contribution in [0, 0.1) is 6.92 Å². The molecule has 0 bridgehead atoms. The highest BCUT2D eigenvalue weighted by Crippen LogP contribution is 2.24. The lowest BCUT2D eigenvalue weighted by Gasteiger charge is -2.25. The highest BCUT2D eigenvalue weighted by Gasteiger charge is 2.23. The van der Waals surface area contributed by atoms with Gasteiger partial charge in [-0.3, -0.25) is 0 Å². The van der Waals surface area contributed by atoms with E-state index < -0.39 is 10.0 Å². The maximum atomic E-state index is 12.9. The van der Waals surface area contributed by atoms with E-state index in [9.17, 15) is 8.42 Å². The Bertz CT molecular complexity index is 1050. The number of hydrogen-bond acceptors (Lipinski definition) is 5. The van der Waals surface area contributed by atoms with Gasteiger partial charge in [0.2, 0.25) is 10.0 Å². The normalized spacial score (nSPS) is 11.6. The van der Waals surface area contributed by atoms with Crippen molar-refractivity contribution in [1.29, 1.82) is 0 Å². The summed E-state index contributed by atoms with van der Waals surface area (Å²) in [5, 5.41) is 5.80. The molecule has 3 rings (SSSR count). The van der Waals surface area contributed by atoms with Gasteiger partial charge in [-0.2, -0.15) is 4.31 Å². The predicted octanol–water partition coefficient (Wildman–Crippen LogP) is 5.08. The second kappa shape index (κ2) is 10.4. The first kappa shape index (κ1) is 23.5. The molecule has 0 saturated heterocycles. The van der Waals surface area contributed by atoms with Crippen LogP contribution in [0.1, 0.15) is 30.0 Å². The van der Waals surface area contributed by atoms with Crippen LogP contribution in [-0.2, 0) is 23.1 Å². The summed E-state index contributed by atoms with van der Waals surface area (Å²) in [6.07, 6.45) is 1.64. The largest absolute Gasteiger partial charge is 0.467 e. The highest BCUT2D eigenvalue weighted by atomic mass is 32.2. The molecule has 0 saturated carbocycles. The van der Waals surface area contributed by atoms with Crippen molar-refractivity contribution in [2.24, 2.45) is 0 Å². The number of thiocarbonyl (C=S) groups is 1. The van der Waals surface area contributed by atoms with Crippen molar-refractivity contribution in [2.45, 2.75) is 38.8 Å². The Morgan fingerprint density at radius 3 is 2.52 bits per heavy atom. The summed E-state index contributed by atoms with van der Waals surface area (Å²) in [5.74, 6) is 0.801. The Kier molecular flexibility index (Phi) is 7.88. The van der Waals surface area contributed by atoms with Crippen LogP contribution in [0.5, 0.6) is 0 Å². The summed E-state index contributed by atoms with van der Waals surface area (Å²) in [6, 6.07) is 12.9. The number of furan rings is 1. The van der Waals surface area contributed by atoms with Gasteiger partial charge in [-0.1, -0.05) is 26.0 Å². The van der Waals surface area contributed by atoms with Crippen molar-refractivity contribution in [2.75, 3.05) is 18.4 Å². The van der Waals surface area contributed by atoms with E-state index in [1.807, 2.05) is 49.3 Å². The minimum atomic E-state index is -3.56. The molecule has 0 radical (unpaired) electrons. The molecule has 6 nitrogen and oxygen atoms in total. The van der Waals surface area contributed by atoms with Gasteiger partial charge >= 0.3 is 0 Å². The Balaban J connectivity index is 1.85. The maximum Gasteiger partial charge on any atom is 0.243 e. The van der Waals surface area contributed by atoms with Gasteiger partial charge in [0.05, 0.1) is 24.2 Å². The minimum Gasteiger partial charge on any atom is -0.467 e. The topological polar surface area (TPSA) is 65.8 Å². The first-order chi connectivity index (χ1) is 14.8. The van der Waals surface area contributed by atoms with Crippen LogP contribution in [-0.4, -0.2) is 35.8 Å². The maximum absolute atomic E-state index is 12.9. The minimum absolute atomic E-state index is 0.253. The highest BCUT2D eigenvalue weighted by molar-refractivity contribution is 7.89. The fourth-order valence-electron chi connectivity index (χ4n) is 3.18. The summed E-state index contributed by atoms with van der Waals surface area (Å²) in [6.45, 7) is 7.57. The Labute approximate surface area is 193 Å². The molecule has 9 heteroatoms. The zero-order valence-electron chi connectivity index (χ0n) is 17.9. The Hall–Kier alpha value is -2.20. The first-order valence-corrected chi connectivity index (χ1v) is 12.8. The molecule has 0 fully saturated rings. The molecular weight excluding hydrogens is 450 g/mol. The number of anilines is 1. The van der Waals surface area contributed by atoms with E-state index in [2.05, 4.69) is 11.4 Å². The third kappa shape index (κ3) is 5.74.